The van der Waals surface area contributed by atoms with Crippen LogP contribution in [0, 0.1) is 0 Å². The van der Waals surface area contributed by atoms with Crippen molar-refractivity contribution in [3.63, 3.8) is 0 Å². The predicted molar refractivity (Wildman–Crippen MR) is 139 cm³/mol. The number of allylic oxidation sites excluding steroid dienone is 1. The Balaban J connectivity index is 0.000000868. The van der Waals surface area contributed by atoms with Crippen LogP contribution < -0.4 is 5.32 Å². The number of nitrogens with one attached hydrogen (secondary N) is 1. The van der Waals surface area contributed by atoms with E-state index < -0.39 is 36.6 Å². The number of hydrogen-bond acceptors (Lipinski definition) is 6. The third kappa shape index (κ3) is 10.9. The average Bonchev–Trinajstić information content (AvgIpc) is 2.80. The summed E-state index contributed by atoms with van der Waals surface area (Å²) in [7, 11) is -13.4. The fraction of sp³-hybridized carbons (Fsp3) is 0.609. The van der Waals surface area contributed by atoms with Crippen LogP contribution in [-0.2, 0) is 30.3 Å². The van der Waals surface area contributed by atoms with E-state index in [4.69, 9.17) is 4.74 Å². The lowest BCUT2D eigenvalue weighted by Gasteiger charge is -2.35. The molecule has 1 aromatic rings. The minimum atomic E-state index is -6.72. The molecule has 0 heterocycles. The van der Waals surface area contributed by atoms with Crippen LogP contribution in [0.25, 0.3) is 9.70 Å². The van der Waals surface area contributed by atoms with E-state index in [9.17, 15) is 48.0 Å². The summed E-state index contributed by atoms with van der Waals surface area (Å²) in [6.07, 6.45) is -0.368. The first-order valence-corrected chi connectivity index (χ1v) is 14.7. The SMILES string of the molecule is C=C(C)c1cccc(C(C)(C)NC(=O)OCC[N+](CC)(CC)CC)c1.O=S(=O)([N-]S(=O)(=O)C(F)(F)F)C(F)(F)F. The van der Waals surface area contributed by atoms with Crippen molar-refractivity contribution in [3.8, 4) is 0 Å². The Labute approximate surface area is 231 Å². The lowest BCUT2D eigenvalue weighted by atomic mass is 9.92. The molecule has 0 spiro atoms. The van der Waals surface area contributed by atoms with Crippen molar-refractivity contribution in [1.82, 2.24) is 5.32 Å². The summed E-state index contributed by atoms with van der Waals surface area (Å²) in [6.45, 7) is 20.9. The highest BCUT2D eigenvalue weighted by molar-refractivity contribution is 8.13. The molecule has 0 saturated heterocycles. The Morgan fingerprint density at radius 2 is 1.40 bits per heavy atom. The Bertz CT molecular complexity index is 1180. The normalized spacial score (nSPS) is 13.2. The van der Waals surface area contributed by atoms with E-state index >= 15 is 0 Å². The van der Waals surface area contributed by atoms with Gasteiger partial charge in [0.15, 0.2) is 20.0 Å². The molecule has 0 radical (unpaired) electrons. The molecular weight excluding hydrogens is 592 g/mol. The lowest BCUT2D eigenvalue weighted by molar-refractivity contribution is -0.923. The fourth-order valence-electron chi connectivity index (χ4n) is 3.23. The molecular formula is C23H35F6N3O6S2. The first kappa shape index (κ1) is 37.6. The molecule has 0 aliphatic carbocycles. The van der Waals surface area contributed by atoms with Gasteiger partial charge in [0.1, 0.15) is 13.2 Å². The maximum Gasteiger partial charge on any atom is 0.480 e. The fourth-order valence-corrected chi connectivity index (χ4v) is 4.94. The molecule has 0 aromatic heterocycles. The highest BCUT2D eigenvalue weighted by Gasteiger charge is 2.47. The lowest BCUT2D eigenvalue weighted by Crippen LogP contribution is -2.50. The summed E-state index contributed by atoms with van der Waals surface area (Å²) in [5.41, 5.74) is -9.79. The second-order valence-electron chi connectivity index (χ2n) is 9.18. The number of benzene rings is 1. The minimum Gasteiger partial charge on any atom is -0.444 e. The number of sulfonamides is 2. The third-order valence-corrected chi connectivity index (χ3v) is 8.82. The Morgan fingerprint density at radius 3 is 1.77 bits per heavy atom. The standard InChI is InChI=1S/C21H34N2O2.C2F6NO4S2/c1-8-23(9-2,10-3)14-15-25-20(24)22-21(6,7)19-13-11-12-18(16-19)17(4)5;3-1(4,5)14(10,11)9-15(12,13)2(6,7)8/h11-13,16H,4,8-10,14-15H2,1-3,5-7H3;/q;-1/p+1. The van der Waals surface area contributed by atoms with Crippen LogP contribution in [0.2, 0.25) is 0 Å². The first-order chi connectivity index (χ1) is 17.9. The number of likely N-dealkylation sites (N-methyl/N-ethyl adjacent to an activating group) is 1. The first-order valence-electron chi connectivity index (χ1n) is 11.8. The molecule has 0 aliphatic heterocycles. The van der Waals surface area contributed by atoms with Gasteiger partial charge in [0.25, 0.3) is 0 Å². The van der Waals surface area contributed by atoms with Gasteiger partial charge in [-0.3, -0.25) is 0 Å². The third-order valence-electron chi connectivity index (χ3n) is 6.08. The Morgan fingerprint density at radius 1 is 0.950 bits per heavy atom. The maximum atomic E-state index is 12.2. The highest BCUT2D eigenvalue weighted by atomic mass is 32.3. The molecule has 1 rings (SSSR count). The van der Waals surface area contributed by atoms with Gasteiger partial charge in [-0.2, -0.15) is 26.3 Å². The monoisotopic (exact) mass is 627 g/mol. The van der Waals surface area contributed by atoms with E-state index in [-0.39, 0.29) is 6.09 Å². The average molecular weight is 628 g/mol. The topological polar surface area (TPSA) is 121 Å². The number of hydrogen-bond donors (Lipinski definition) is 1. The van der Waals surface area contributed by atoms with Crippen molar-refractivity contribution < 1.29 is 57.2 Å². The summed E-state index contributed by atoms with van der Waals surface area (Å²) in [5.74, 6) is 0. The zero-order chi connectivity index (χ0) is 31.8. The van der Waals surface area contributed by atoms with Crippen molar-refractivity contribution in [2.75, 3.05) is 32.8 Å². The highest BCUT2D eigenvalue weighted by Crippen LogP contribution is 2.36. The van der Waals surface area contributed by atoms with Crippen LogP contribution in [0.3, 0.4) is 0 Å². The van der Waals surface area contributed by atoms with Gasteiger partial charge in [0, 0.05) is 0 Å². The Kier molecular flexibility index (Phi) is 13.2. The van der Waals surface area contributed by atoms with E-state index in [1.54, 1.807) is 0 Å². The molecule has 1 amide bonds. The number of carbonyl (C=O) groups is 1. The van der Waals surface area contributed by atoms with Gasteiger partial charge >= 0.3 is 17.1 Å². The molecule has 0 unspecified atom stereocenters. The number of halogens is 6. The number of quaternary nitrogens is 1. The second-order valence-corrected chi connectivity index (χ2v) is 12.6. The maximum absolute atomic E-state index is 12.2. The van der Waals surface area contributed by atoms with Crippen molar-refractivity contribution in [2.24, 2.45) is 0 Å². The van der Waals surface area contributed by atoms with Crippen LogP contribution in [0.1, 0.15) is 52.7 Å². The summed E-state index contributed by atoms with van der Waals surface area (Å²) >= 11 is 0. The van der Waals surface area contributed by atoms with Crippen molar-refractivity contribution in [3.05, 3.63) is 46.1 Å². The number of amides is 1. The molecule has 9 nitrogen and oxygen atoms in total. The van der Waals surface area contributed by atoms with Gasteiger partial charge in [-0.05, 0) is 58.7 Å². The molecule has 1 N–H and O–H groups in total. The van der Waals surface area contributed by atoms with E-state index in [0.717, 1.165) is 51.5 Å². The van der Waals surface area contributed by atoms with E-state index in [1.165, 1.54) is 0 Å². The van der Waals surface area contributed by atoms with Crippen LogP contribution in [0.4, 0.5) is 31.1 Å². The van der Waals surface area contributed by atoms with E-state index in [2.05, 4.69) is 38.7 Å². The van der Waals surface area contributed by atoms with Crippen molar-refractivity contribution >= 4 is 31.7 Å². The smallest absolute Gasteiger partial charge is 0.444 e. The predicted octanol–water partition coefficient (Wildman–Crippen LogP) is 5.62. The molecule has 0 atom stereocenters. The second kappa shape index (κ2) is 14.0. The molecule has 1 aromatic carbocycles. The minimum absolute atomic E-state index is 0.368. The summed E-state index contributed by atoms with van der Waals surface area (Å²) in [5, 5.41) is 2.98. The van der Waals surface area contributed by atoms with Crippen LogP contribution in [0.15, 0.2) is 30.8 Å². The van der Waals surface area contributed by atoms with Crippen molar-refractivity contribution in [1.29, 1.82) is 0 Å². The quantitative estimate of drug-likeness (QED) is 0.251. The van der Waals surface area contributed by atoms with Gasteiger partial charge in [-0.15, -0.1) is 0 Å². The van der Waals surface area contributed by atoms with Crippen molar-refractivity contribution in [2.45, 2.75) is 58.1 Å². The molecule has 232 valence electrons. The van der Waals surface area contributed by atoms with E-state index in [1.807, 2.05) is 39.0 Å². The molecule has 40 heavy (non-hydrogen) atoms. The zero-order valence-corrected chi connectivity index (χ0v) is 24.6. The van der Waals surface area contributed by atoms with Crippen LogP contribution in [-0.4, -0.2) is 71.2 Å². The number of ether oxygens (including phenoxy) is 1. The molecule has 0 saturated carbocycles. The van der Waals surface area contributed by atoms with Gasteiger partial charge in [0.2, 0.25) is 0 Å². The molecule has 0 bridgehead atoms. The van der Waals surface area contributed by atoms with Gasteiger partial charge in [0.05, 0.1) is 25.2 Å². The number of carbonyl (C=O) groups excluding carboxylic acids is 1. The zero-order valence-electron chi connectivity index (χ0n) is 23.0. The molecule has 17 heteroatoms. The number of nitrogens with zero attached hydrogens (tertiary/aromatic N) is 2. The Hall–Kier alpha value is -2.37. The summed E-state index contributed by atoms with van der Waals surface area (Å²) in [6, 6.07) is 8.09. The number of rotatable bonds is 11. The van der Waals surface area contributed by atoms with Crippen LogP contribution in [0.5, 0.6) is 0 Å². The van der Waals surface area contributed by atoms with Gasteiger partial charge in [-0.1, -0.05) is 30.4 Å². The summed E-state index contributed by atoms with van der Waals surface area (Å²) < 4.78 is 116. The largest absolute Gasteiger partial charge is 0.480 e. The van der Waals surface area contributed by atoms with E-state index in [0.29, 0.717) is 6.61 Å². The number of alkyl carbamates (subject to hydrolysis) is 1. The number of alkyl halides is 6. The molecule has 0 fully saturated rings. The van der Waals surface area contributed by atoms with Crippen LogP contribution >= 0.6 is 0 Å². The molecule has 0 aliphatic rings. The van der Waals surface area contributed by atoms with Gasteiger partial charge in [-0.25, -0.2) is 21.6 Å². The summed E-state index contributed by atoms with van der Waals surface area (Å²) in [4.78, 5) is 12.2. The van der Waals surface area contributed by atoms with Gasteiger partial charge < -0.3 is 18.7 Å².